The zero-order valence-electron chi connectivity index (χ0n) is 15.2. The van der Waals surface area contributed by atoms with Crippen molar-refractivity contribution in [2.45, 2.75) is 25.7 Å². The summed E-state index contributed by atoms with van der Waals surface area (Å²) in [7, 11) is 1.65. The molecule has 6 nitrogen and oxygen atoms in total. The first-order valence-corrected chi connectivity index (χ1v) is 9.17. The second-order valence-corrected chi connectivity index (χ2v) is 7.15. The third-order valence-electron chi connectivity index (χ3n) is 5.66. The van der Waals surface area contributed by atoms with Crippen LogP contribution in [0.2, 0.25) is 0 Å². The number of piperidine rings is 2. The first-order chi connectivity index (χ1) is 12.6. The van der Waals surface area contributed by atoms with Crippen LogP contribution in [0.15, 0.2) is 24.3 Å². The van der Waals surface area contributed by atoms with Gasteiger partial charge in [-0.25, -0.2) is 0 Å². The maximum atomic E-state index is 13.0. The van der Waals surface area contributed by atoms with Gasteiger partial charge in [-0.15, -0.1) is 0 Å². The van der Waals surface area contributed by atoms with Gasteiger partial charge in [0.15, 0.2) is 0 Å². The largest absolute Gasteiger partial charge is 0.383 e. The van der Waals surface area contributed by atoms with Crippen LogP contribution in [0.3, 0.4) is 0 Å². The van der Waals surface area contributed by atoms with E-state index in [0.717, 1.165) is 32.2 Å². The number of nitrogens with zero attached hydrogens (tertiary/aromatic N) is 3. The van der Waals surface area contributed by atoms with E-state index in [1.807, 2.05) is 9.80 Å². The second-order valence-electron chi connectivity index (χ2n) is 7.15. The van der Waals surface area contributed by atoms with E-state index < -0.39 is 0 Å². The number of carbonyl (C=O) groups excluding carboxylic acids is 2. The lowest BCUT2D eigenvalue weighted by molar-refractivity contribution is -0.150. The zero-order chi connectivity index (χ0) is 18.6. The fraction of sp³-hybridized carbons (Fsp3) is 0.550. The fourth-order valence-electron chi connectivity index (χ4n) is 4.04. The lowest BCUT2D eigenvalue weighted by atomic mass is 9.71. The SMILES string of the molecule is COCCN1CCCC2(CCN(C(=O)c3ccc(C#N)cc3)CC2)C1=O. The molecule has 2 aliphatic heterocycles. The van der Waals surface area contributed by atoms with Crippen LogP contribution in [0.1, 0.15) is 41.6 Å². The Morgan fingerprint density at radius 2 is 1.88 bits per heavy atom. The van der Waals surface area contributed by atoms with Crippen molar-refractivity contribution < 1.29 is 14.3 Å². The van der Waals surface area contributed by atoms with E-state index in [1.54, 1.807) is 31.4 Å². The fourth-order valence-corrected chi connectivity index (χ4v) is 4.04. The van der Waals surface area contributed by atoms with Crippen molar-refractivity contribution in [1.29, 1.82) is 5.26 Å². The van der Waals surface area contributed by atoms with E-state index in [0.29, 0.717) is 37.4 Å². The number of likely N-dealkylation sites (tertiary alicyclic amines) is 2. The number of benzene rings is 1. The van der Waals surface area contributed by atoms with Crippen molar-refractivity contribution in [2.75, 3.05) is 39.9 Å². The highest BCUT2D eigenvalue weighted by molar-refractivity contribution is 5.94. The van der Waals surface area contributed by atoms with Crippen molar-refractivity contribution in [1.82, 2.24) is 9.80 Å². The van der Waals surface area contributed by atoms with Gasteiger partial charge >= 0.3 is 0 Å². The molecule has 0 unspecified atom stereocenters. The van der Waals surface area contributed by atoms with Crippen LogP contribution in [-0.4, -0.2) is 61.5 Å². The molecule has 2 heterocycles. The lowest BCUT2D eigenvalue weighted by Crippen LogP contribution is -2.54. The normalized spacial score (nSPS) is 19.5. The highest BCUT2D eigenvalue weighted by Crippen LogP contribution is 2.41. The van der Waals surface area contributed by atoms with Crippen LogP contribution in [-0.2, 0) is 9.53 Å². The van der Waals surface area contributed by atoms with Gasteiger partial charge in [-0.05, 0) is 49.9 Å². The molecule has 2 amide bonds. The van der Waals surface area contributed by atoms with Gasteiger partial charge in [0.1, 0.15) is 0 Å². The maximum absolute atomic E-state index is 13.0. The summed E-state index contributed by atoms with van der Waals surface area (Å²) in [4.78, 5) is 29.4. The van der Waals surface area contributed by atoms with Crippen molar-refractivity contribution in [2.24, 2.45) is 5.41 Å². The Hall–Kier alpha value is -2.39. The maximum Gasteiger partial charge on any atom is 0.253 e. The molecule has 0 saturated carbocycles. The first-order valence-electron chi connectivity index (χ1n) is 9.17. The van der Waals surface area contributed by atoms with Gasteiger partial charge in [-0.3, -0.25) is 9.59 Å². The second kappa shape index (κ2) is 7.88. The Balaban J connectivity index is 1.63. The zero-order valence-corrected chi connectivity index (χ0v) is 15.2. The Kier molecular flexibility index (Phi) is 5.58. The molecule has 6 heteroatoms. The molecular weight excluding hydrogens is 330 g/mol. The number of methoxy groups -OCH3 is 1. The molecule has 2 aliphatic rings. The molecule has 1 spiro atoms. The predicted molar refractivity (Wildman–Crippen MR) is 96.4 cm³/mol. The summed E-state index contributed by atoms with van der Waals surface area (Å²) in [5.74, 6) is 0.204. The molecule has 0 radical (unpaired) electrons. The third kappa shape index (κ3) is 3.58. The molecule has 138 valence electrons. The Labute approximate surface area is 154 Å². The number of nitriles is 1. The van der Waals surface area contributed by atoms with Crippen LogP contribution in [0.25, 0.3) is 0 Å². The smallest absolute Gasteiger partial charge is 0.253 e. The number of rotatable bonds is 4. The summed E-state index contributed by atoms with van der Waals surface area (Å²) in [5.41, 5.74) is 0.827. The predicted octanol–water partition coefficient (Wildman–Crippen LogP) is 2.05. The Bertz CT molecular complexity index is 700. The summed E-state index contributed by atoms with van der Waals surface area (Å²) in [6, 6.07) is 8.78. The average Bonchev–Trinajstić information content (AvgIpc) is 2.69. The third-order valence-corrected chi connectivity index (χ3v) is 5.66. The highest BCUT2D eigenvalue weighted by atomic mass is 16.5. The van der Waals surface area contributed by atoms with Crippen LogP contribution >= 0.6 is 0 Å². The van der Waals surface area contributed by atoms with E-state index in [9.17, 15) is 9.59 Å². The molecule has 2 saturated heterocycles. The molecule has 0 bridgehead atoms. The number of hydrogen-bond donors (Lipinski definition) is 0. The minimum absolute atomic E-state index is 0.0242. The van der Waals surface area contributed by atoms with E-state index in [4.69, 9.17) is 10.00 Å². The minimum atomic E-state index is -0.312. The van der Waals surface area contributed by atoms with Gasteiger partial charge in [0.2, 0.25) is 5.91 Å². The number of hydrogen-bond acceptors (Lipinski definition) is 4. The molecule has 0 aliphatic carbocycles. The molecule has 0 aromatic heterocycles. The van der Waals surface area contributed by atoms with Gasteiger partial charge in [0.05, 0.1) is 23.7 Å². The summed E-state index contributed by atoms with van der Waals surface area (Å²) in [5, 5.41) is 8.87. The van der Waals surface area contributed by atoms with Gasteiger partial charge in [0, 0.05) is 38.9 Å². The first kappa shape index (κ1) is 18.4. The summed E-state index contributed by atoms with van der Waals surface area (Å²) in [6.45, 7) is 3.21. The molecule has 3 rings (SSSR count). The Morgan fingerprint density at radius 1 is 1.19 bits per heavy atom. The summed E-state index contributed by atoms with van der Waals surface area (Å²) in [6.07, 6.45) is 3.36. The summed E-state index contributed by atoms with van der Waals surface area (Å²) < 4.78 is 5.12. The molecule has 0 atom stereocenters. The monoisotopic (exact) mass is 355 g/mol. The molecule has 0 N–H and O–H groups in total. The molecule has 2 fully saturated rings. The van der Waals surface area contributed by atoms with E-state index in [1.165, 1.54) is 0 Å². The van der Waals surface area contributed by atoms with Crippen LogP contribution in [0.4, 0.5) is 0 Å². The summed E-state index contributed by atoms with van der Waals surface area (Å²) >= 11 is 0. The van der Waals surface area contributed by atoms with Crippen molar-refractivity contribution in [3.05, 3.63) is 35.4 Å². The topological polar surface area (TPSA) is 73.6 Å². The van der Waals surface area contributed by atoms with Crippen LogP contribution in [0, 0.1) is 16.7 Å². The van der Waals surface area contributed by atoms with E-state index >= 15 is 0 Å². The number of carbonyl (C=O) groups is 2. The quantitative estimate of drug-likeness (QED) is 0.828. The van der Waals surface area contributed by atoms with E-state index in [-0.39, 0.29) is 17.2 Å². The molecule has 1 aromatic rings. The average molecular weight is 355 g/mol. The van der Waals surface area contributed by atoms with Crippen molar-refractivity contribution >= 4 is 11.8 Å². The van der Waals surface area contributed by atoms with Gasteiger partial charge in [-0.1, -0.05) is 0 Å². The molecular formula is C20H25N3O3. The highest BCUT2D eigenvalue weighted by Gasteiger charge is 2.46. The number of ether oxygens (including phenoxy) is 1. The number of amides is 2. The van der Waals surface area contributed by atoms with E-state index in [2.05, 4.69) is 6.07 Å². The van der Waals surface area contributed by atoms with Gasteiger partial charge < -0.3 is 14.5 Å². The lowest BCUT2D eigenvalue weighted by Gasteiger charge is -2.46. The standard InChI is InChI=1S/C20H25N3O3/c1-26-14-13-23-10-2-7-20(19(23)25)8-11-22(12-9-20)18(24)17-5-3-16(15-21)4-6-17/h3-6H,2,7-14H2,1H3. The van der Waals surface area contributed by atoms with Crippen molar-refractivity contribution in [3.8, 4) is 6.07 Å². The minimum Gasteiger partial charge on any atom is -0.383 e. The van der Waals surface area contributed by atoms with Crippen molar-refractivity contribution in [3.63, 3.8) is 0 Å². The molecule has 1 aromatic carbocycles. The molecule has 26 heavy (non-hydrogen) atoms. The van der Waals surface area contributed by atoms with Gasteiger partial charge in [0.25, 0.3) is 5.91 Å². The van der Waals surface area contributed by atoms with Gasteiger partial charge in [-0.2, -0.15) is 5.26 Å². The van der Waals surface area contributed by atoms with Crippen LogP contribution in [0.5, 0.6) is 0 Å². The Morgan fingerprint density at radius 3 is 2.50 bits per heavy atom. The van der Waals surface area contributed by atoms with Crippen LogP contribution < -0.4 is 0 Å².